The van der Waals surface area contributed by atoms with Crippen LogP contribution in [0, 0.1) is 13.8 Å². The first-order chi connectivity index (χ1) is 12.5. The molecule has 1 N–H and O–H groups in total. The van der Waals surface area contributed by atoms with Crippen molar-refractivity contribution in [2.24, 2.45) is 5.10 Å². The van der Waals surface area contributed by atoms with Crippen LogP contribution in [-0.2, 0) is 25.6 Å². The van der Waals surface area contributed by atoms with Crippen LogP contribution in [0.2, 0.25) is 0 Å². The molecule has 1 amide bonds. The van der Waals surface area contributed by atoms with Gasteiger partial charge < -0.3 is 14.0 Å². The fourth-order valence-electron chi connectivity index (χ4n) is 3.27. The molecule has 140 valence electrons. The van der Waals surface area contributed by atoms with E-state index in [1.807, 2.05) is 19.9 Å². The first-order valence-corrected chi connectivity index (χ1v) is 8.79. The zero-order valence-electron chi connectivity index (χ0n) is 15.0. The van der Waals surface area contributed by atoms with Crippen molar-refractivity contribution in [3.63, 3.8) is 0 Å². The van der Waals surface area contributed by atoms with Gasteiger partial charge in [-0.25, -0.2) is 10.2 Å². The molecule has 1 fully saturated rings. The molecular formula is C18H23N3O5. The minimum atomic E-state index is -0.675. The number of hydrazone groups is 1. The van der Waals surface area contributed by atoms with E-state index in [9.17, 15) is 14.4 Å². The van der Waals surface area contributed by atoms with Crippen LogP contribution in [-0.4, -0.2) is 47.3 Å². The molecule has 3 heterocycles. The van der Waals surface area contributed by atoms with Crippen molar-refractivity contribution < 1.29 is 23.9 Å². The van der Waals surface area contributed by atoms with Crippen LogP contribution < -0.4 is 5.43 Å². The Morgan fingerprint density at radius 2 is 2.19 bits per heavy atom. The molecule has 1 aromatic rings. The molecule has 26 heavy (non-hydrogen) atoms. The zero-order chi connectivity index (χ0) is 18.7. The second-order valence-corrected chi connectivity index (χ2v) is 6.62. The highest BCUT2D eigenvalue weighted by Crippen LogP contribution is 2.20. The van der Waals surface area contributed by atoms with Crippen LogP contribution in [0.15, 0.2) is 11.2 Å². The standard InChI is InChI=1S/C18H23N3O5/c1-11-8-14(12(2)21(11)9-13-4-3-7-25-13)16(22)10-26-18(24)15-5-6-17(23)20-19-15/h8,13H,3-7,9-10H2,1-2H3,(H,20,23). The molecule has 1 unspecified atom stereocenters. The predicted octanol–water partition coefficient (Wildman–Crippen LogP) is 1.28. The van der Waals surface area contributed by atoms with E-state index in [1.165, 1.54) is 0 Å². The van der Waals surface area contributed by atoms with E-state index in [4.69, 9.17) is 9.47 Å². The van der Waals surface area contributed by atoms with Gasteiger partial charge in [0.25, 0.3) is 0 Å². The van der Waals surface area contributed by atoms with Gasteiger partial charge in [-0.3, -0.25) is 9.59 Å². The van der Waals surface area contributed by atoms with Gasteiger partial charge in [-0.15, -0.1) is 0 Å². The smallest absolute Gasteiger partial charge is 0.354 e. The average Bonchev–Trinajstić information content (AvgIpc) is 3.24. The lowest BCUT2D eigenvalue weighted by Crippen LogP contribution is -2.31. The van der Waals surface area contributed by atoms with Crippen LogP contribution >= 0.6 is 0 Å². The number of ether oxygens (including phenoxy) is 2. The SMILES string of the molecule is Cc1cc(C(=O)COC(=O)C2=NNC(=O)CC2)c(C)n1CC1CCCO1. The Morgan fingerprint density at radius 1 is 1.38 bits per heavy atom. The van der Waals surface area contributed by atoms with Gasteiger partial charge in [-0.2, -0.15) is 5.10 Å². The van der Waals surface area contributed by atoms with Gasteiger partial charge in [-0.1, -0.05) is 0 Å². The average molecular weight is 361 g/mol. The normalized spacial score (nSPS) is 19.8. The van der Waals surface area contributed by atoms with E-state index in [-0.39, 0.29) is 43.0 Å². The number of esters is 1. The van der Waals surface area contributed by atoms with E-state index in [0.717, 1.165) is 37.4 Å². The second-order valence-electron chi connectivity index (χ2n) is 6.62. The zero-order valence-corrected chi connectivity index (χ0v) is 15.0. The first kappa shape index (κ1) is 18.3. The summed E-state index contributed by atoms with van der Waals surface area (Å²) < 4.78 is 12.8. The van der Waals surface area contributed by atoms with E-state index in [0.29, 0.717) is 5.56 Å². The lowest BCUT2D eigenvalue weighted by molar-refractivity contribution is -0.134. The van der Waals surface area contributed by atoms with E-state index in [2.05, 4.69) is 15.1 Å². The van der Waals surface area contributed by atoms with Crippen molar-refractivity contribution in [3.05, 3.63) is 23.0 Å². The van der Waals surface area contributed by atoms with Gasteiger partial charge in [0.15, 0.2) is 6.61 Å². The molecule has 2 aliphatic rings. The third-order valence-electron chi connectivity index (χ3n) is 4.76. The fraction of sp³-hybridized carbons (Fsp3) is 0.556. The number of Topliss-reactive ketones (excluding diaryl/α,β-unsaturated/α-hetero) is 1. The molecule has 0 spiro atoms. The molecule has 0 aliphatic carbocycles. The summed E-state index contributed by atoms with van der Waals surface area (Å²) in [5.74, 6) is -1.17. The molecule has 1 saturated heterocycles. The number of nitrogens with zero attached hydrogens (tertiary/aromatic N) is 2. The monoisotopic (exact) mass is 361 g/mol. The van der Waals surface area contributed by atoms with Crippen LogP contribution in [0.4, 0.5) is 0 Å². The lowest BCUT2D eigenvalue weighted by atomic mass is 10.1. The van der Waals surface area contributed by atoms with Gasteiger partial charge in [0, 0.05) is 42.9 Å². The summed E-state index contributed by atoms with van der Waals surface area (Å²) in [6, 6.07) is 1.82. The van der Waals surface area contributed by atoms with E-state index < -0.39 is 5.97 Å². The Morgan fingerprint density at radius 3 is 2.85 bits per heavy atom. The van der Waals surface area contributed by atoms with Crippen LogP contribution in [0.25, 0.3) is 0 Å². The Labute approximate surface area is 151 Å². The Balaban J connectivity index is 1.61. The number of rotatable bonds is 6. The largest absolute Gasteiger partial charge is 0.453 e. The van der Waals surface area contributed by atoms with Crippen molar-refractivity contribution in [1.29, 1.82) is 0 Å². The van der Waals surface area contributed by atoms with E-state index >= 15 is 0 Å². The minimum absolute atomic E-state index is 0.126. The molecule has 8 heteroatoms. The van der Waals surface area contributed by atoms with Gasteiger partial charge in [0.2, 0.25) is 11.7 Å². The number of hydrogen-bond donors (Lipinski definition) is 1. The third-order valence-corrected chi connectivity index (χ3v) is 4.76. The van der Waals surface area contributed by atoms with Crippen molar-refractivity contribution in [2.75, 3.05) is 13.2 Å². The lowest BCUT2D eigenvalue weighted by Gasteiger charge is -2.15. The first-order valence-electron chi connectivity index (χ1n) is 8.79. The van der Waals surface area contributed by atoms with Gasteiger partial charge in [-0.05, 0) is 32.8 Å². The predicted molar refractivity (Wildman–Crippen MR) is 93.0 cm³/mol. The fourth-order valence-corrected chi connectivity index (χ4v) is 3.27. The second kappa shape index (κ2) is 7.82. The minimum Gasteiger partial charge on any atom is -0.453 e. The molecule has 1 atom stereocenters. The molecule has 1 aromatic heterocycles. The number of carbonyl (C=O) groups excluding carboxylic acids is 3. The number of aromatic nitrogens is 1. The summed E-state index contributed by atoms with van der Waals surface area (Å²) in [6.45, 7) is 5.00. The van der Waals surface area contributed by atoms with Crippen LogP contribution in [0.1, 0.15) is 47.4 Å². The van der Waals surface area contributed by atoms with E-state index in [1.54, 1.807) is 0 Å². The maximum absolute atomic E-state index is 12.5. The highest BCUT2D eigenvalue weighted by molar-refractivity contribution is 6.37. The quantitative estimate of drug-likeness (QED) is 0.608. The summed E-state index contributed by atoms with van der Waals surface area (Å²) in [5, 5.41) is 3.67. The number of carbonyl (C=O) groups is 3. The van der Waals surface area contributed by atoms with Crippen LogP contribution in [0.5, 0.6) is 0 Å². The molecule has 0 bridgehead atoms. The van der Waals surface area contributed by atoms with Crippen molar-refractivity contribution in [2.45, 2.75) is 52.2 Å². The van der Waals surface area contributed by atoms with Crippen molar-refractivity contribution in [1.82, 2.24) is 9.99 Å². The van der Waals surface area contributed by atoms with Crippen molar-refractivity contribution in [3.8, 4) is 0 Å². The molecule has 0 aromatic carbocycles. The summed E-state index contributed by atoms with van der Waals surface area (Å²) in [4.78, 5) is 35.5. The highest BCUT2D eigenvalue weighted by atomic mass is 16.5. The number of ketones is 1. The summed E-state index contributed by atoms with van der Waals surface area (Å²) in [7, 11) is 0. The summed E-state index contributed by atoms with van der Waals surface area (Å²) >= 11 is 0. The van der Waals surface area contributed by atoms with Gasteiger partial charge in [0.05, 0.1) is 6.10 Å². The van der Waals surface area contributed by atoms with Crippen LogP contribution in [0.3, 0.4) is 0 Å². The molecule has 0 radical (unpaired) electrons. The summed E-state index contributed by atoms with van der Waals surface area (Å²) in [6.07, 6.45) is 2.67. The molecule has 8 nitrogen and oxygen atoms in total. The van der Waals surface area contributed by atoms with Crippen molar-refractivity contribution >= 4 is 23.4 Å². The molecule has 0 saturated carbocycles. The number of aryl methyl sites for hydroxylation is 1. The van der Waals surface area contributed by atoms with Gasteiger partial charge in [0.1, 0.15) is 5.71 Å². The number of amides is 1. The maximum Gasteiger partial charge on any atom is 0.354 e. The molecule has 2 aliphatic heterocycles. The Hall–Kier alpha value is -2.48. The van der Waals surface area contributed by atoms with Gasteiger partial charge >= 0.3 is 5.97 Å². The third kappa shape index (κ3) is 4.01. The Bertz CT molecular complexity index is 759. The summed E-state index contributed by atoms with van der Waals surface area (Å²) in [5.41, 5.74) is 4.74. The molecular weight excluding hydrogens is 338 g/mol. The molecule has 3 rings (SSSR count). The highest BCUT2D eigenvalue weighted by Gasteiger charge is 2.23. The Kier molecular flexibility index (Phi) is 5.51. The topological polar surface area (TPSA) is 99.0 Å². The number of hydrogen-bond acceptors (Lipinski definition) is 6. The number of nitrogens with one attached hydrogen (secondary N) is 1. The maximum atomic E-state index is 12.5.